The number of carbonyl (C=O) groups excluding carboxylic acids is 2. The standard InChI is InChI=1S/C15H21N3O4/c1-5-21-11(19)10-6-9-16-12(17-10)15(7-8-15)18-13(20)22-14(2,3)4/h6,9H,5,7-8H2,1-4H3,(H,18,20). The van der Waals surface area contributed by atoms with Crippen molar-refractivity contribution in [2.45, 2.75) is 51.7 Å². The molecule has 0 spiro atoms. The van der Waals surface area contributed by atoms with Crippen LogP contribution in [0.4, 0.5) is 4.79 Å². The Balaban J connectivity index is 2.12. The SMILES string of the molecule is CCOC(=O)c1ccnc(C2(NC(=O)OC(C)(C)C)CC2)n1. The fraction of sp³-hybridized carbons (Fsp3) is 0.600. The van der Waals surface area contributed by atoms with E-state index < -0.39 is 23.2 Å². The Morgan fingerprint density at radius 1 is 1.36 bits per heavy atom. The topological polar surface area (TPSA) is 90.4 Å². The summed E-state index contributed by atoms with van der Waals surface area (Å²) in [5, 5.41) is 2.80. The molecule has 120 valence electrons. The van der Waals surface area contributed by atoms with E-state index in [-0.39, 0.29) is 12.3 Å². The second-order valence-electron chi connectivity index (χ2n) is 6.19. The molecule has 1 aliphatic carbocycles. The molecule has 2 rings (SSSR count). The van der Waals surface area contributed by atoms with Gasteiger partial charge in [-0.3, -0.25) is 0 Å². The van der Waals surface area contributed by atoms with Gasteiger partial charge in [0.2, 0.25) is 0 Å². The molecule has 1 aromatic rings. The maximum absolute atomic E-state index is 11.9. The summed E-state index contributed by atoms with van der Waals surface area (Å²) >= 11 is 0. The van der Waals surface area contributed by atoms with Crippen molar-refractivity contribution in [3.63, 3.8) is 0 Å². The first-order valence-electron chi connectivity index (χ1n) is 7.27. The average molecular weight is 307 g/mol. The van der Waals surface area contributed by atoms with Crippen molar-refractivity contribution in [1.29, 1.82) is 0 Å². The summed E-state index contributed by atoms with van der Waals surface area (Å²) in [4.78, 5) is 32.1. The number of nitrogens with zero attached hydrogens (tertiary/aromatic N) is 2. The number of amides is 1. The number of hydrogen-bond donors (Lipinski definition) is 1. The van der Waals surface area contributed by atoms with Crippen LogP contribution in [0.15, 0.2) is 12.3 Å². The molecule has 7 nitrogen and oxygen atoms in total. The monoisotopic (exact) mass is 307 g/mol. The van der Waals surface area contributed by atoms with Crippen LogP contribution < -0.4 is 5.32 Å². The molecule has 1 aromatic heterocycles. The van der Waals surface area contributed by atoms with E-state index in [4.69, 9.17) is 9.47 Å². The molecular formula is C15H21N3O4. The van der Waals surface area contributed by atoms with Crippen molar-refractivity contribution in [2.24, 2.45) is 0 Å². The van der Waals surface area contributed by atoms with Gasteiger partial charge in [-0.25, -0.2) is 19.6 Å². The smallest absolute Gasteiger partial charge is 0.408 e. The quantitative estimate of drug-likeness (QED) is 0.857. The number of hydrogen-bond acceptors (Lipinski definition) is 6. The van der Waals surface area contributed by atoms with E-state index in [9.17, 15) is 9.59 Å². The maximum atomic E-state index is 11.9. The molecule has 0 radical (unpaired) electrons. The summed E-state index contributed by atoms with van der Waals surface area (Å²) in [7, 11) is 0. The van der Waals surface area contributed by atoms with Gasteiger partial charge in [0.05, 0.1) is 6.61 Å². The van der Waals surface area contributed by atoms with Crippen molar-refractivity contribution in [3.8, 4) is 0 Å². The predicted octanol–water partition coefficient (Wildman–Crippen LogP) is 2.17. The number of esters is 1. The van der Waals surface area contributed by atoms with E-state index in [1.165, 1.54) is 12.3 Å². The highest BCUT2D eigenvalue weighted by atomic mass is 16.6. The summed E-state index contributed by atoms with van der Waals surface area (Å²) < 4.78 is 10.2. The Hall–Kier alpha value is -2.18. The lowest BCUT2D eigenvalue weighted by Crippen LogP contribution is -2.40. The molecule has 0 aromatic carbocycles. The molecule has 0 saturated heterocycles. The molecule has 1 heterocycles. The molecule has 1 saturated carbocycles. The molecule has 0 aliphatic heterocycles. The van der Waals surface area contributed by atoms with Gasteiger partial charge >= 0.3 is 12.1 Å². The minimum absolute atomic E-state index is 0.184. The zero-order chi connectivity index (χ0) is 16.4. The lowest BCUT2D eigenvalue weighted by atomic mass is 10.2. The lowest BCUT2D eigenvalue weighted by molar-refractivity contribution is 0.0492. The summed E-state index contributed by atoms with van der Waals surface area (Å²) in [5.41, 5.74) is -1.04. The first kappa shape index (κ1) is 16.2. The minimum atomic E-state index is -0.648. The molecule has 7 heteroatoms. The third-order valence-corrected chi connectivity index (χ3v) is 3.06. The Morgan fingerprint density at radius 3 is 2.59 bits per heavy atom. The van der Waals surface area contributed by atoms with Gasteiger partial charge in [-0.05, 0) is 46.6 Å². The van der Waals surface area contributed by atoms with E-state index in [0.29, 0.717) is 18.7 Å². The van der Waals surface area contributed by atoms with Gasteiger partial charge in [-0.15, -0.1) is 0 Å². The number of rotatable bonds is 4. The molecule has 0 atom stereocenters. The maximum Gasteiger partial charge on any atom is 0.408 e. The van der Waals surface area contributed by atoms with Crippen molar-refractivity contribution >= 4 is 12.1 Å². The Bertz CT molecular complexity index is 576. The van der Waals surface area contributed by atoms with Gasteiger partial charge in [0.25, 0.3) is 0 Å². The Kier molecular flexibility index (Phi) is 4.35. The summed E-state index contributed by atoms with van der Waals surface area (Å²) in [5.74, 6) is -0.0943. The van der Waals surface area contributed by atoms with E-state index in [1.807, 2.05) is 0 Å². The Morgan fingerprint density at radius 2 is 2.05 bits per heavy atom. The molecule has 0 bridgehead atoms. The highest BCUT2D eigenvalue weighted by Crippen LogP contribution is 2.43. The normalized spacial score (nSPS) is 15.8. The van der Waals surface area contributed by atoms with Crippen LogP contribution in [-0.4, -0.2) is 34.2 Å². The predicted molar refractivity (Wildman–Crippen MR) is 78.3 cm³/mol. The highest BCUT2D eigenvalue weighted by Gasteiger charge is 2.49. The van der Waals surface area contributed by atoms with Crippen LogP contribution in [0, 0.1) is 0 Å². The number of nitrogens with one attached hydrogen (secondary N) is 1. The number of ether oxygens (including phenoxy) is 2. The first-order chi connectivity index (χ1) is 10.3. The van der Waals surface area contributed by atoms with Gasteiger partial charge in [0.1, 0.15) is 11.1 Å². The second kappa shape index (κ2) is 5.90. The largest absolute Gasteiger partial charge is 0.461 e. The van der Waals surface area contributed by atoms with Crippen LogP contribution >= 0.6 is 0 Å². The van der Waals surface area contributed by atoms with Crippen LogP contribution in [0.5, 0.6) is 0 Å². The van der Waals surface area contributed by atoms with E-state index in [1.54, 1.807) is 27.7 Å². The zero-order valence-corrected chi connectivity index (χ0v) is 13.3. The summed E-state index contributed by atoms with van der Waals surface area (Å²) in [6.07, 6.45) is 2.39. The fourth-order valence-corrected chi connectivity index (χ4v) is 1.94. The average Bonchev–Trinajstić information content (AvgIpc) is 3.18. The van der Waals surface area contributed by atoms with Crippen LogP contribution in [0.25, 0.3) is 0 Å². The molecule has 0 unspecified atom stereocenters. The van der Waals surface area contributed by atoms with Gasteiger partial charge in [0, 0.05) is 6.20 Å². The van der Waals surface area contributed by atoms with E-state index >= 15 is 0 Å². The van der Waals surface area contributed by atoms with Crippen LogP contribution in [-0.2, 0) is 15.0 Å². The van der Waals surface area contributed by atoms with Crippen LogP contribution in [0.2, 0.25) is 0 Å². The van der Waals surface area contributed by atoms with E-state index in [2.05, 4.69) is 15.3 Å². The van der Waals surface area contributed by atoms with Gasteiger partial charge in [0.15, 0.2) is 11.5 Å². The van der Waals surface area contributed by atoms with Crippen molar-refractivity contribution in [1.82, 2.24) is 15.3 Å². The molecule has 22 heavy (non-hydrogen) atoms. The molecular weight excluding hydrogens is 286 g/mol. The number of carbonyl (C=O) groups is 2. The van der Waals surface area contributed by atoms with Crippen molar-refractivity contribution in [3.05, 3.63) is 23.8 Å². The van der Waals surface area contributed by atoms with E-state index in [0.717, 1.165) is 0 Å². The molecule has 1 amide bonds. The number of aromatic nitrogens is 2. The lowest BCUT2D eigenvalue weighted by Gasteiger charge is -2.22. The summed E-state index contributed by atoms with van der Waals surface area (Å²) in [6.45, 7) is 7.39. The third-order valence-electron chi connectivity index (χ3n) is 3.06. The molecule has 1 N–H and O–H groups in total. The van der Waals surface area contributed by atoms with Crippen molar-refractivity contribution in [2.75, 3.05) is 6.61 Å². The molecule has 1 fully saturated rings. The minimum Gasteiger partial charge on any atom is -0.461 e. The van der Waals surface area contributed by atoms with Gasteiger partial charge in [-0.1, -0.05) is 0 Å². The first-order valence-corrected chi connectivity index (χ1v) is 7.27. The second-order valence-corrected chi connectivity index (χ2v) is 6.19. The Labute approximate surface area is 129 Å². The van der Waals surface area contributed by atoms with Crippen molar-refractivity contribution < 1.29 is 19.1 Å². The zero-order valence-electron chi connectivity index (χ0n) is 13.3. The van der Waals surface area contributed by atoms with Crippen LogP contribution in [0.1, 0.15) is 56.8 Å². The highest BCUT2D eigenvalue weighted by molar-refractivity contribution is 5.87. The molecule has 1 aliphatic rings. The van der Waals surface area contributed by atoms with Crippen LogP contribution in [0.3, 0.4) is 0 Å². The fourth-order valence-electron chi connectivity index (χ4n) is 1.94. The third kappa shape index (κ3) is 3.93. The number of alkyl carbamates (subject to hydrolysis) is 1. The summed E-state index contributed by atoms with van der Waals surface area (Å²) in [6, 6.07) is 1.49. The van der Waals surface area contributed by atoms with Gasteiger partial charge < -0.3 is 14.8 Å². The van der Waals surface area contributed by atoms with Gasteiger partial charge in [-0.2, -0.15) is 0 Å².